The van der Waals surface area contributed by atoms with E-state index in [1.807, 2.05) is 19.1 Å². The van der Waals surface area contributed by atoms with Gasteiger partial charge in [-0.05, 0) is 52.7 Å². The van der Waals surface area contributed by atoms with E-state index in [2.05, 4.69) is 31.0 Å². The summed E-state index contributed by atoms with van der Waals surface area (Å²) in [5.41, 5.74) is 3.45. The first-order valence-corrected chi connectivity index (χ1v) is 8.95. The maximum atomic E-state index is 6.27. The molecule has 0 amide bonds. The van der Waals surface area contributed by atoms with E-state index >= 15 is 0 Å². The minimum atomic E-state index is 0.378. The van der Waals surface area contributed by atoms with Crippen LogP contribution < -0.4 is 0 Å². The van der Waals surface area contributed by atoms with Crippen LogP contribution in [0.25, 0.3) is 5.82 Å². The summed E-state index contributed by atoms with van der Waals surface area (Å²) in [6.07, 6.45) is 3.32. The van der Waals surface area contributed by atoms with Gasteiger partial charge >= 0.3 is 0 Å². The lowest BCUT2D eigenvalue weighted by atomic mass is 10.1. The highest BCUT2D eigenvalue weighted by atomic mass is 79.9. The van der Waals surface area contributed by atoms with E-state index in [1.165, 1.54) is 0 Å². The maximum absolute atomic E-state index is 6.27. The molecule has 2 aromatic heterocycles. The first-order valence-electron chi connectivity index (χ1n) is 7.40. The Labute approximate surface area is 162 Å². The monoisotopic (exact) mass is 436 g/mol. The molecule has 3 aromatic rings. The summed E-state index contributed by atoms with van der Waals surface area (Å²) < 4.78 is 8.22. The molecule has 0 N–H and O–H groups in total. The maximum Gasteiger partial charge on any atom is 0.242 e. The predicted molar refractivity (Wildman–Crippen MR) is 101 cm³/mol. The number of halogens is 3. The van der Waals surface area contributed by atoms with E-state index in [0.717, 1.165) is 21.3 Å². The van der Waals surface area contributed by atoms with Crippen molar-refractivity contribution in [1.29, 1.82) is 0 Å². The molecule has 0 aliphatic carbocycles. The molecule has 126 valence electrons. The molecule has 25 heavy (non-hydrogen) atoms. The zero-order valence-corrected chi connectivity index (χ0v) is 16.1. The Morgan fingerprint density at radius 1 is 1.28 bits per heavy atom. The summed E-state index contributed by atoms with van der Waals surface area (Å²) in [5.74, 6) is 0.957. The highest BCUT2D eigenvalue weighted by molar-refractivity contribution is 9.10. The van der Waals surface area contributed by atoms with Gasteiger partial charge in [-0.3, -0.25) is 0 Å². The summed E-state index contributed by atoms with van der Waals surface area (Å²) in [5, 5.41) is 5.51. The molecule has 0 fully saturated rings. The van der Waals surface area contributed by atoms with Crippen molar-refractivity contribution in [2.24, 2.45) is 4.99 Å². The van der Waals surface area contributed by atoms with Crippen molar-refractivity contribution >= 4 is 50.7 Å². The number of hydrogen-bond acceptors (Lipinski definition) is 4. The van der Waals surface area contributed by atoms with Gasteiger partial charge in [0, 0.05) is 16.8 Å². The number of pyridine rings is 1. The van der Waals surface area contributed by atoms with E-state index in [9.17, 15) is 0 Å². The minimum Gasteiger partial charge on any atom is -0.471 e. The topological polar surface area (TPSA) is 52.3 Å². The smallest absolute Gasteiger partial charge is 0.242 e. The second kappa shape index (κ2) is 6.44. The highest BCUT2D eigenvalue weighted by Gasteiger charge is 2.24. The second-order valence-electron chi connectivity index (χ2n) is 5.50. The normalized spacial score (nSPS) is 13.2. The fourth-order valence-electron chi connectivity index (χ4n) is 2.69. The third-order valence-corrected chi connectivity index (χ3v) is 4.88. The lowest BCUT2D eigenvalue weighted by Crippen LogP contribution is -2.17. The van der Waals surface area contributed by atoms with Crippen LogP contribution in [-0.4, -0.2) is 20.7 Å². The Bertz CT molecular complexity index is 1020. The molecule has 5 nitrogen and oxygen atoms in total. The number of nitrogens with zero attached hydrogens (tertiary/aromatic N) is 4. The third kappa shape index (κ3) is 2.94. The van der Waals surface area contributed by atoms with Crippen LogP contribution in [0.2, 0.25) is 10.0 Å². The molecule has 0 saturated carbocycles. The van der Waals surface area contributed by atoms with Gasteiger partial charge in [0.2, 0.25) is 5.90 Å². The predicted octanol–water partition coefficient (Wildman–Crippen LogP) is 5.25. The summed E-state index contributed by atoms with van der Waals surface area (Å²) in [7, 11) is 0. The second-order valence-corrected chi connectivity index (χ2v) is 7.20. The van der Waals surface area contributed by atoms with Gasteiger partial charge in [-0.15, -0.1) is 0 Å². The molecule has 8 heteroatoms. The summed E-state index contributed by atoms with van der Waals surface area (Å²) in [6, 6.07) is 7.27. The summed E-state index contributed by atoms with van der Waals surface area (Å²) in [4.78, 5) is 8.99. The van der Waals surface area contributed by atoms with Crippen molar-refractivity contribution in [3.05, 3.63) is 68.0 Å². The van der Waals surface area contributed by atoms with E-state index in [1.54, 1.807) is 29.2 Å². The molecule has 0 bridgehead atoms. The van der Waals surface area contributed by atoms with Crippen molar-refractivity contribution in [2.45, 2.75) is 13.5 Å². The standard InChI is InChI=1S/C17H11BrCl2N4O/c1-9-5-11(19)6-10-8-25-17(23-14(9)10)15-12(18)7-22-24(15)16-13(20)3-2-4-21-16/h2-7H,8H2,1H3. The minimum absolute atomic E-state index is 0.378. The molecule has 1 aromatic carbocycles. The van der Waals surface area contributed by atoms with Crippen LogP contribution in [0.3, 0.4) is 0 Å². The molecule has 0 unspecified atom stereocenters. The van der Waals surface area contributed by atoms with Crippen molar-refractivity contribution < 1.29 is 4.74 Å². The molecule has 3 heterocycles. The van der Waals surface area contributed by atoms with Crippen molar-refractivity contribution in [1.82, 2.24) is 14.8 Å². The Hall–Kier alpha value is -1.89. The Morgan fingerprint density at radius 3 is 2.92 bits per heavy atom. The van der Waals surface area contributed by atoms with Crippen LogP contribution in [0.1, 0.15) is 16.8 Å². The molecular weight excluding hydrogens is 427 g/mol. The Morgan fingerprint density at radius 2 is 2.12 bits per heavy atom. The average molecular weight is 438 g/mol. The van der Waals surface area contributed by atoms with Crippen molar-refractivity contribution in [3.63, 3.8) is 0 Å². The number of aliphatic imine (C=N–C) groups is 1. The molecular formula is C17H11BrCl2N4O. The largest absolute Gasteiger partial charge is 0.471 e. The lowest BCUT2D eigenvalue weighted by Gasteiger charge is -2.19. The molecule has 4 rings (SSSR count). The summed E-state index contributed by atoms with van der Waals surface area (Å²) >= 11 is 15.9. The fourth-order valence-corrected chi connectivity index (χ4v) is 3.62. The van der Waals surface area contributed by atoms with E-state index < -0.39 is 0 Å². The van der Waals surface area contributed by atoms with E-state index in [0.29, 0.717) is 34.1 Å². The first-order chi connectivity index (χ1) is 12.0. The van der Waals surface area contributed by atoms with Crippen molar-refractivity contribution in [2.75, 3.05) is 0 Å². The van der Waals surface area contributed by atoms with Gasteiger partial charge < -0.3 is 4.74 Å². The van der Waals surface area contributed by atoms with Crippen LogP contribution >= 0.6 is 39.1 Å². The molecule has 1 aliphatic heterocycles. The quantitative estimate of drug-likeness (QED) is 0.549. The van der Waals surface area contributed by atoms with Gasteiger partial charge in [0.15, 0.2) is 5.82 Å². The number of rotatable bonds is 2. The zero-order chi connectivity index (χ0) is 17.6. The van der Waals surface area contributed by atoms with Crippen molar-refractivity contribution in [3.8, 4) is 5.82 Å². The SMILES string of the molecule is Cc1cc(Cl)cc2c1N=C(c1c(Br)cnn1-c1ncccc1Cl)OC2. The van der Waals surface area contributed by atoms with Gasteiger partial charge in [-0.1, -0.05) is 23.2 Å². The molecule has 0 saturated heterocycles. The van der Waals surface area contributed by atoms with Crippen LogP contribution in [0.5, 0.6) is 0 Å². The number of ether oxygens (including phenoxy) is 1. The number of fused-ring (bicyclic) bond motifs is 1. The average Bonchev–Trinajstić information content (AvgIpc) is 2.96. The molecule has 1 aliphatic rings. The van der Waals surface area contributed by atoms with Gasteiger partial charge in [-0.25, -0.2) is 14.7 Å². The number of hydrogen-bond donors (Lipinski definition) is 0. The number of aromatic nitrogens is 3. The van der Waals surface area contributed by atoms with Crippen LogP contribution in [0, 0.1) is 6.92 Å². The van der Waals surface area contributed by atoms with Gasteiger partial charge in [0.1, 0.15) is 12.3 Å². The fraction of sp³-hybridized carbons (Fsp3) is 0.118. The molecule has 0 radical (unpaired) electrons. The summed E-state index contributed by atoms with van der Waals surface area (Å²) in [6.45, 7) is 2.35. The van der Waals surface area contributed by atoms with Crippen LogP contribution in [0.15, 0.2) is 46.1 Å². The lowest BCUT2D eigenvalue weighted by molar-refractivity contribution is 0.286. The van der Waals surface area contributed by atoms with Crippen LogP contribution in [-0.2, 0) is 11.3 Å². The molecule has 0 atom stereocenters. The van der Waals surface area contributed by atoms with Gasteiger partial charge in [0.05, 0.1) is 21.4 Å². The first kappa shape index (κ1) is 16.6. The number of benzene rings is 1. The third-order valence-electron chi connectivity index (χ3n) is 3.79. The zero-order valence-electron chi connectivity index (χ0n) is 13.0. The van der Waals surface area contributed by atoms with Crippen LogP contribution in [0.4, 0.5) is 5.69 Å². The van der Waals surface area contributed by atoms with Gasteiger partial charge in [0.25, 0.3) is 0 Å². The Kier molecular flexibility index (Phi) is 4.27. The Balaban J connectivity index is 1.88. The number of aryl methyl sites for hydroxylation is 1. The highest BCUT2D eigenvalue weighted by Crippen LogP contribution is 2.34. The van der Waals surface area contributed by atoms with E-state index in [4.69, 9.17) is 27.9 Å². The molecule has 0 spiro atoms. The van der Waals surface area contributed by atoms with Gasteiger partial charge in [-0.2, -0.15) is 5.10 Å². The van der Waals surface area contributed by atoms with E-state index in [-0.39, 0.29) is 0 Å².